The zero-order valence-electron chi connectivity index (χ0n) is 5.39. The molecule has 0 aliphatic heterocycles. The molecule has 0 heterocycles. The van der Waals surface area contributed by atoms with Crippen LogP contribution in [0.1, 0.15) is 0 Å². The van der Waals surface area contributed by atoms with Gasteiger partial charge in [0.2, 0.25) is 0 Å². The van der Waals surface area contributed by atoms with Crippen LogP contribution < -0.4 is 10.2 Å². The molecule has 2 N–H and O–H groups in total. The number of carboxylic acids is 2. The summed E-state index contributed by atoms with van der Waals surface area (Å²) >= 11 is 0. The van der Waals surface area contributed by atoms with Crippen LogP contribution in [0.4, 0.5) is 0 Å². The van der Waals surface area contributed by atoms with Gasteiger partial charge in [-0.25, -0.2) is 0 Å². The van der Waals surface area contributed by atoms with Gasteiger partial charge in [0, 0.05) is 0 Å². The molecule has 2 atom stereocenters. The molecule has 6 nitrogen and oxygen atoms in total. The number of rotatable bonds is 3. The van der Waals surface area contributed by atoms with E-state index in [1.165, 1.54) is 0 Å². The van der Waals surface area contributed by atoms with Gasteiger partial charge in [0.05, 0.1) is 11.9 Å². The van der Waals surface area contributed by atoms with E-state index in [9.17, 15) is 19.8 Å². The quantitative estimate of drug-likeness (QED) is 0.454. The van der Waals surface area contributed by atoms with Gasteiger partial charge in [0.25, 0.3) is 0 Å². The fraction of sp³-hybridized carbons (Fsp3) is 0.500. The van der Waals surface area contributed by atoms with Gasteiger partial charge in [-0.15, -0.1) is 0 Å². The Morgan fingerprint density at radius 1 is 1.00 bits per heavy atom. The maximum Gasteiger partial charge on any atom is 2.00 e. The van der Waals surface area contributed by atoms with Gasteiger partial charge in [-0.3, -0.25) is 0 Å². The molecule has 0 aliphatic rings. The number of aliphatic hydroxyl groups is 2. The number of hydrogen-bond acceptors (Lipinski definition) is 6. The summed E-state index contributed by atoms with van der Waals surface area (Å²) < 4.78 is 0. The Hall–Kier alpha value is -0.517. The van der Waals surface area contributed by atoms with E-state index in [2.05, 4.69) is 0 Å². The third-order valence-corrected chi connectivity index (χ3v) is 0.782. The van der Waals surface area contributed by atoms with Crippen LogP contribution in [0.3, 0.4) is 0 Å². The van der Waals surface area contributed by atoms with Gasteiger partial charge < -0.3 is 30.0 Å². The van der Waals surface area contributed by atoms with E-state index >= 15 is 0 Å². The first-order valence-electron chi connectivity index (χ1n) is 2.24. The second kappa shape index (κ2) is 5.18. The van der Waals surface area contributed by atoms with Crippen LogP contribution in [0.2, 0.25) is 0 Å². The smallest absolute Gasteiger partial charge is 0.547 e. The average molecular weight is 213 g/mol. The van der Waals surface area contributed by atoms with E-state index in [0.29, 0.717) is 0 Å². The normalized spacial score (nSPS) is 14.4. The summed E-state index contributed by atoms with van der Waals surface area (Å²) in [5.74, 6) is -4.12. The fourth-order valence-corrected chi connectivity index (χ4v) is 0.258. The standard InChI is InChI=1S/C4H6O6.Zn/c5-1(3(7)8)2(6)4(9)10;/h1-2,5-6H,(H,7,8)(H,9,10);/q;+2/p-2/t1-,2-;/m1./s1. The number of hydrogen-bond donors (Lipinski definition) is 2. The maximum absolute atomic E-state index is 9.63. The first kappa shape index (κ1) is 13.1. The summed E-state index contributed by atoms with van der Waals surface area (Å²) in [5, 5.41) is 35.7. The minimum atomic E-state index is -2.44. The summed E-state index contributed by atoms with van der Waals surface area (Å²) in [4.78, 5) is 19.3. The molecule has 0 spiro atoms. The Bertz CT molecular complexity index is 139. The van der Waals surface area contributed by atoms with E-state index < -0.39 is 24.1 Å². The maximum atomic E-state index is 9.63. The summed E-state index contributed by atoms with van der Waals surface area (Å²) in [5.41, 5.74) is 0. The van der Waals surface area contributed by atoms with Gasteiger partial charge in [-0.1, -0.05) is 0 Å². The van der Waals surface area contributed by atoms with Crippen LogP contribution in [0, 0.1) is 0 Å². The van der Waals surface area contributed by atoms with Crippen molar-refractivity contribution in [2.45, 2.75) is 12.2 Å². The number of aliphatic carboxylic acids is 2. The van der Waals surface area contributed by atoms with Crippen LogP contribution in [0.5, 0.6) is 0 Å². The monoisotopic (exact) mass is 212 g/mol. The molecule has 0 aromatic rings. The summed E-state index contributed by atoms with van der Waals surface area (Å²) in [6, 6.07) is 0. The molecule has 0 amide bonds. The van der Waals surface area contributed by atoms with Crippen molar-refractivity contribution in [2.75, 3.05) is 0 Å². The third kappa shape index (κ3) is 4.03. The Morgan fingerprint density at radius 3 is 1.27 bits per heavy atom. The minimum absolute atomic E-state index is 0. The van der Waals surface area contributed by atoms with E-state index in [1.807, 2.05) is 0 Å². The molecule has 0 aromatic heterocycles. The topological polar surface area (TPSA) is 121 Å². The Labute approximate surface area is 74.2 Å². The zero-order valence-corrected chi connectivity index (χ0v) is 8.36. The van der Waals surface area contributed by atoms with E-state index in [4.69, 9.17) is 10.2 Å². The molecule has 0 unspecified atom stereocenters. The van der Waals surface area contributed by atoms with Crippen molar-refractivity contribution in [2.24, 2.45) is 0 Å². The van der Waals surface area contributed by atoms with Crippen molar-refractivity contribution in [1.29, 1.82) is 0 Å². The van der Waals surface area contributed by atoms with Gasteiger partial charge in [0.1, 0.15) is 12.2 Å². The summed E-state index contributed by atoms with van der Waals surface area (Å²) in [6.45, 7) is 0. The molecule has 0 saturated heterocycles. The molecule has 0 bridgehead atoms. The second-order valence-electron chi connectivity index (χ2n) is 1.53. The van der Waals surface area contributed by atoms with Crippen LogP contribution in [-0.4, -0.2) is 34.4 Å². The second-order valence-corrected chi connectivity index (χ2v) is 1.53. The van der Waals surface area contributed by atoms with E-state index in [-0.39, 0.29) is 19.5 Å². The predicted molar refractivity (Wildman–Crippen MR) is 22.0 cm³/mol. The Kier molecular flexibility index (Phi) is 6.16. The number of carboxylic acid groups (broad SMARTS) is 2. The van der Waals surface area contributed by atoms with Gasteiger partial charge in [-0.2, -0.15) is 0 Å². The van der Waals surface area contributed by atoms with E-state index in [1.54, 1.807) is 0 Å². The molecule has 0 saturated carbocycles. The summed E-state index contributed by atoms with van der Waals surface area (Å²) in [6.07, 6.45) is -4.88. The molecule has 0 radical (unpaired) electrons. The van der Waals surface area contributed by atoms with Crippen molar-refractivity contribution < 1.29 is 49.5 Å². The molecular weight excluding hydrogens is 209 g/mol. The first-order valence-corrected chi connectivity index (χ1v) is 2.24. The van der Waals surface area contributed by atoms with Crippen LogP contribution in [-0.2, 0) is 29.1 Å². The van der Waals surface area contributed by atoms with Crippen molar-refractivity contribution in [1.82, 2.24) is 0 Å². The molecule has 0 fully saturated rings. The molecule has 11 heavy (non-hydrogen) atoms. The molecule has 0 rings (SSSR count). The van der Waals surface area contributed by atoms with E-state index in [0.717, 1.165) is 0 Å². The molecule has 0 aromatic carbocycles. The SMILES string of the molecule is O=C([O-])[C@H](O)[C@@H](O)C(=O)[O-].[Zn+2]. The number of carbonyl (C=O) groups excluding carboxylic acids is 2. The van der Waals surface area contributed by atoms with Crippen LogP contribution in [0.25, 0.3) is 0 Å². The van der Waals surface area contributed by atoms with Crippen molar-refractivity contribution in [3.05, 3.63) is 0 Å². The molecular formula is C4H4O6Zn. The van der Waals surface area contributed by atoms with Crippen molar-refractivity contribution in [3.8, 4) is 0 Å². The molecule has 58 valence electrons. The van der Waals surface area contributed by atoms with Crippen molar-refractivity contribution in [3.63, 3.8) is 0 Å². The van der Waals surface area contributed by atoms with Crippen LogP contribution in [0.15, 0.2) is 0 Å². The Morgan fingerprint density at radius 2 is 1.18 bits per heavy atom. The average Bonchev–Trinajstić information content (AvgIpc) is 1.84. The van der Waals surface area contributed by atoms with Gasteiger partial charge in [-0.05, 0) is 0 Å². The van der Waals surface area contributed by atoms with Gasteiger partial charge in [0.15, 0.2) is 0 Å². The minimum Gasteiger partial charge on any atom is -0.547 e. The summed E-state index contributed by atoms with van der Waals surface area (Å²) in [7, 11) is 0. The number of carbonyl (C=O) groups is 2. The largest absolute Gasteiger partial charge is 2.00 e. The fourth-order valence-electron chi connectivity index (χ4n) is 0.258. The van der Waals surface area contributed by atoms with Crippen LogP contribution >= 0.6 is 0 Å². The first-order chi connectivity index (χ1) is 4.46. The van der Waals surface area contributed by atoms with Gasteiger partial charge >= 0.3 is 19.5 Å². The zero-order chi connectivity index (χ0) is 8.31. The molecule has 0 aliphatic carbocycles. The Balaban J connectivity index is 0. The number of aliphatic hydroxyl groups excluding tert-OH is 2. The third-order valence-electron chi connectivity index (χ3n) is 0.782. The molecule has 7 heteroatoms. The van der Waals surface area contributed by atoms with Crippen molar-refractivity contribution >= 4 is 11.9 Å². The predicted octanol–water partition coefficient (Wildman–Crippen LogP) is -4.79.